The largest absolute Gasteiger partial charge is 0.469 e. The van der Waals surface area contributed by atoms with E-state index in [-0.39, 0.29) is 16.8 Å². The Labute approximate surface area is 145 Å². The lowest BCUT2D eigenvalue weighted by Gasteiger charge is -2.47. The summed E-state index contributed by atoms with van der Waals surface area (Å²) in [6, 6.07) is 7.62. The predicted molar refractivity (Wildman–Crippen MR) is 92.0 cm³/mol. The Kier molecular flexibility index (Phi) is 4.10. The number of thioether (sulfide) groups is 1. The van der Waals surface area contributed by atoms with E-state index in [1.165, 1.54) is 0 Å². The number of rotatable bonds is 4. The number of ether oxygens (including phenoxy) is 1. The molecule has 2 aliphatic rings. The summed E-state index contributed by atoms with van der Waals surface area (Å²) in [5, 5.41) is 0. The fourth-order valence-electron chi connectivity index (χ4n) is 3.39. The highest BCUT2D eigenvalue weighted by molar-refractivity contribution is 8.01. The molecule has 0 radical (unpaired) electrons. The van der Waals surface area contributed by atoms with Crippen LogP contribution in [0.3, 0.4) is 0 Å². The fraction of sp³-hybridized carbons (Fsp3) is 0.444. The molecule has 0 bridgehead atoms. The third-order valence-corrected chi connectivity index (χ3v) is 6.28. The summed E-state index contributed by atoms with van der Waals surface area (Å²) in [7, 11) is 0. The van der Waals surface area contributed by atoms with E-state index in [1.807, 2.05) is 41.8 Å². The molecule has 4 heterocycles. The summed E-state index contributed by atoms with van der Waals surface area (Å²) in [5.74, 6) is 1.75. The van der Waals surface area contributed by atoms with Gasteiger partial charge in [0, 0.05) is 25.0 Å². The Bertz CT molecular complexity index is 725. The molecule has 1 spiro atoms. The lowest BCUT2D eigenvalue weighted by Crippen LogP contribution is -2.60. The molecule has 2 fully saturated rings. The number of aromatic nitrogens is 1. The van der Waals surface area contributed by atoms with Crippen molar-refractivity contribution in [2.45, 2.75) is 30.8 Å². The van der Waals surface area contributed by atoms with E-state index in [2.05, 4.69) is 4.98 Å². The van der Waals surface area contributed by atoms with E-state index < -0.39 is 0 Å². The Hall–Kier alpha value is -1.79. The number of hydrogen-bond acceptors (Lipinski definition) is 5. The summed E-state index contributed by atoms with van der Waals surface area (Å²) in [5.41, 5.74) is 1.64. The molecular formula is C18H20N2O3S. The molecule has 0 aliphatic carbocycles. The smallest absolute Gasteiger partial charge is 0.257 e. The van der Waals surface area contributed by atoms with Gasteiger partial charge in [0.05, 0.1) is 35.0 Å². The van der Waals surface area contributed by atoms with Crippen molar-refractivity contribution < 1.29 is 13.9 Å². The van der Waals surface area contributed by atoms with Crippen LogP contribution in [0.15, 0.2) is 41.1 Å². The van der Waals surface area contributed by atoms with Crippen molar-refractivity contribution >= 4 is 17.7 Å². The standard InChI is InChI=1S/C18H20N2O3S/c1-13-16(5-7-22-13)17(21)20-11-18(12-20)8-15(10-24-18)23-9-14-4-2-3-6-19-14/h2-7,15H,8-12H2,1H3/t15-/m1/s1. The molecule has 1 amide bonds. The molecule has 2 aliphatic heterocycles. The number of hydrogen-bond donors (Lipinski definition) is 0. The number of carbonyl (C=O) groups excluding carboxylic acids is 1. The monoisotopic (exact) mass is 344 g/mol. The van der Waals surface area contributed by atoms with Gasteiger partial charge in [-0.15, -0.1) is 11.8 Å². The fourth-order valence-corrected chi connectivity index (χ4v) is 4.94. The minimum atomic E-state index is 0.0744. The molecule has 126 valence electrons. The number of pyridine rings is 1. The van der Waals surface area contributed by atoms with Crippen LogP contribution in [0, 0.1) is 6.92 Å². The first-order valence-corrected chi connectivity index (χ1v) is 9.13. The van der Waals surface area contributed by atoms with Crippen molar-refractivity contribution in [3.63, 3.8) is 0 Å². The Morgan fingerprint density at radius 1 is 1.46 bits per heavy atom. The summed E-state index contributed by atoms with van der Waals surface area (Å²) >= 11 is 1.93. The van der Waals surface area contributed by atoms with Crippen LogP contribution < -0.4 is 0 Å². The lowest BCUT2D eigenvalue weighted by molar-refractivity contribution is 0.0244. The van der Waals surface area contributed by atoms with Gasteiger partial charge in [0.25, 0.3) is 5.91 Å². The van der Waals surface area contributed by atoms with Gasteiger partial charge >= 0.3 is 0 Å². The van der Waals surface area contributed by atoms with E-state index in [9.17, 15) is 4.79 Å². The molecule has 2 saturated heterocycles. The van der Waals surface area contributed by atoms with Gasteiger partial charge in [-0.05, 0) is 31.5 Å². The highest BCUT2D eigenvalue weighted by Crippen LogP contribution is 2.46. The highest BCUT2D eigenvalue weighted by atomic mass is 32.2. The molecule has 5 nitrogen and oxygen atoms in total. The lowest BCUT2D eigenvalue weighted by atomic mass is 9.92. The molecule has 1 atom stereocenters. The van der Waals surface area contributed by atoms with Gasteiger partial charge in [0.1, 0.15) is 5.76 Å². The predicted octanol–water partition coefficient (Wildman–Crippen LogP) is 2.90. The van der Waals surface area contributed by atoms with Gasteiger partial charge in [0.2, 0.25) is 0 Å². The zero-order chi connectivity index (χ0) is 16.6. The topological polar surface area (TPSA) is 55.6 Å². The van der Waals surface area contributed by atoms with Crippen LogP contribution >= 0.6 is 11.8 Å². The average Bonchev–Trinajstić information content (AvgIpc) is 3.18. The van der Waals surface area contributed by atoms with Crippen molar-refractivity contribution in [1.29, 1.82) is 0 Å². The molecule has 2 aromatic rings. The maximum Gasteiger partial charge on any atom is 0.257 e. The van der Waals surface area contributed by atoms with Crippen LogP contribution in [0.2, 0.25) is 0 Å². The van der Waals surface area contributed by atoms with Crippen molar-refractivity contribution in [2.24, 2.45) is 0 Å². The number of nitrogens with zero attached hydrogens (tertiary/aromatic N) is 2. The molecule has 6 heteroatoms. The van der Waals surface area contributed by atoms with Crippen LogP contribution in [0.25, 0.3) is 0 Å². The van der Waals surface area contributed by atoms with Gasteiger partial charge in [0.15, 0.2) is 0 Å². The van der Waals surface area contributed by atoms with Gasteiger partial charge in [-0.1, -0.05) is 6.07 Å². The maximum absolute atomic E-state index is 12.5. The minimum Gasteiger partial charge on any atom is -0.469 e. The maximum atomic E-state index is 12.5. The molecule has 24 heavy (non-hydrogen) atoms. The first kappa shape index (κ1) is 15.7. The van der Waals surface area contributed by atoms with Gasteiger partial charge in [-0.3, -0.25) is 9.78 Å². The molecule has 0 saturated carbocycles. The van der Waals surface area contributed by atoms with Crippen molar-refractivity contribution in [3.05, 3.63) is 53.7 Å². The number of furan rings is 1. The van der Waals surface area contributed by atoms with Crippen LogP contribution in [0.5, 0.6) is 0 Å². The van der Waals surface area contributed by atoms with Crippen molar-refractivity contribution in [1.82, 2.24) is 9.88 Å². The summed E-state index contributed by atoms with van der Waals surface area (Å²) in [6.07, 6.45) is 4.60. The number of likely N-dealkylation sites (tertiary alicyclic amines) is 1. The molecule has 0 unspecified atom stereocenters. The van der Waals surface area contributed by atoms with E-state index >= 15 is 0 Å². The van der Waals surface area contributed by atoms with Crippen LogP contribution in [0.1, 0.15) is 28.2 Å². The summed E-state index contributed by atoms with van der Waals surface area (Å²) in [4.78, 5) is 18.7. The van der Waals surface area contributed by atoms with E-state index in [0.29, 0.717) is 17.9 Å². The minimum absolute atomic E-state index is 0.0744. The molecule has 0 N–H and O–H groups in total. The molecule has 2 aromatic heterocycles. The highest BCUT2D eigenvalue weighted by Gasteiger charge is 2.51. The van der Waals surface area contributed by atoms with Crippen molar-refractivity contribution in [2.75, 3.05) is 18.8 Å². The summed E-state index contributed by atoms with van der Waals surface area (Å²) in [6.45, 7) is 3.97. The first-order valence-electron chi connectivity index (χ1n) is 8.14. The van der Waals surface area contributed by atoms with Gasteiger partial charge in [-0.25, -0.2) is 0 Å². The molecular weight excluding hydrogens is 324 g/mol. The van der Waals surface area contributed by atoms with Gasteiger partial charge < -0.3 is 14.1 Å². The van der Waals surface area contributed by atoms with Crippen molar-refractivity contribution in [3.8, 4) is 0 Å². The normalized spacial score (nSPS) is 21.9. The second-order valence-electron chi connectivity index (χ2n) is 6.50. The zero-order valence-electron chi connectivity index (χ0n) is 13.6. The second kappa shape index (κ2) is 6.26. The number of aryl methyl sites for hydroxylation is 1. The van der Waals surface area contributed by atoms with Crippen LogP contribution in [0.4, 0.5) is 0 Å². The third kappa shape index (κ3) is 2.96. The molecule has 4 rings (SSSR count). The van der Waals surface area contributed by atoms with Gasteiger partial charge in [-0.2, -0.15) is 0 Å². The number of amides is 1. The second-order valence-corrected chi connectivity index (χ2v) is 7.99. The Balaban J connectivity index is 1.29. The van der Waals surface area contributed by atoms with Crippen LogP contribution in [-0.2, 0) is 11.3 Å². The van der Waals surface area contributed by atoms with E-state index in [4.69, 9.17) is 9.15 Å². The molecule has 0 aromatic carbocycles. The Morgan fingerprint density at radius 2 is 2.33 bits per heavy atom. The Morgan fingerprint density at radius 3 is 3.04 bits per heavy atom. The third-order valence-electron chi connectivity index (χ3n) is 4.70. The van der Waals surface area contributed by atoms with E-state index in [0.717, 1.165) is 31.0 Å². The number of carbonyl (C=O) groups is 1. The average molecular weight is 344 g/mol. The zero-order valence-corrected chi connectivity index (χ0v) is 14.4. The van der Waals surface area contributed by atoms with E-state index in [1.54, 1.807) is 18.5 Å². The van der Waals surface area contributed by atoms with Crippen LogP contribution in [-0.4, -0.2) is 45.5 Å². The SMILES string of the molecule is Cc1occc1C(=O)N1CC2(C[C@@H](OCc3ccccn3)CS2)C1. The first-order chi connectivity index (χ1) is 11.7. The summed E-state index contributed by atoms with van der Waals surface area (Å²) < 4.78 is 11.4. The quantitative estimate of drug-likeness (QED) is 0.854.